The second-order valence-corrected chi connectivity index (χ2v) is 4.96. The molecule has 2 atom stereocenters. The van der Waals surface area contributed by atoms with Crippen LogP contribution in [0.4, 0.5) is 0 Å². The predicted octanol–water partition coefficient (Wildman–Crippen LogP) is 2.14. The average Bonchev–Trinajstić information content (AvgIpc) is 2.77. The summed E-state index contributed by atoms with van der Waals surface area (Å²) in [5, 5.41) is 11.0. The van der Waals surface area contributed by atoms with Crippen molar-refractivity contribution in [1.29, 1.82) is 0 Å². The Morgan fingerprint density at radius 2 is 1.94 bits per heavy atom. The van der Waals surface area contributed by atoms with Gasteiger partial charge in [-0.15, -0.1) is 0 Å². The van der Waals surface area contributed by atoms with Crippen molar-refractivity contribution in [3.05, 3.63) is 35.4 Å². The summed E-state index contributed by atoms with van der Waals surface area (Å²) in [4.78, 5) is 0. The zero-order chi connectivity index (χ0) is 12.1. The number of aliphatic hydroxyl groups is 1. The van der Waals surface area contributed by atoms with Crippen LogP contribution in [0.2, 0.25) is 0 Å². The number of benzene rings is 1. The normalized spacial score (nSPS) is 34.2. The number of ether oxygens (including phenoxy) is 2. The number of hydrogen-bond acceptors (Lipinski definition) is 3. The lowest BCUT2D eigenvalue weighted by Crippen LogP contribution is -2.59. The largest absolute Gasteiger partial charge is 0.379 e. The number of fused-ring (bicyclic) bond motifs is 1. The Hall–Kier alpha value is -0.900. The quantitative estimate of drug-likeness (QED) is 0.852. The van der Waals surface area contributed by atoms with E-state index in [1.165, 1.54) is 5.56 Å². The molecule has 0 saturated carbocycles. The van der Waals surface area contributed by atoms with E-state index < -0.39 is 11.4 Å². The van der Waals surface area contributed by atoms with Gasteiger partial charge in [0.05, 0.1) is 13.2 Å². The molecule has 17 heavy (non-hydrogen) atoms. The van der Waals surface area contributed by atoms with Crippen molar-refractivity contribution in [2.45, 2.75) is 37.6 Å². The molecule has 0 aromatic heterocycles. The third-order valence-electron chi connectivity index (χ3n) is 4.19. The SMILES string of the molecule is CCC1c2ccccc2C1(O)C1(C)OCCO1. The van der Waals surface area contributed by atoms with Gasteiger partial charge in [-0.1, -0.05) is 31.2 Å². The molecule has 0 radical (unpaired) electrons. The van der Waals surface area contributed by atoms with E-state index in [0.717, 1.165) is 12.0 Å². The summed E-state index contributed by atoms with van der Waals surface area (Å²) in [6.07, 6.45) is 0.885. The first-order valence-electron chi connectivity index (χ1n) is 6.23. The summed E-state index contributed by atoms with van der Waals surface area (Å²) in [7, 11) is 0. The van der Waals surface area contributed by atoms with Crippen molar-refractivity contribution in [3.8, 4) is 0 Å². The lowest BCUT2D eigenvalue weighted by molar-refractivity contribution is -0.284. The van der Waals surface area contributed by atoms with Crippen LogP contribution in [0.5, 0.6) is 0 Å². The van der Waals surface area contributed by atoms with E-state index in [0.29, 0.717) is 13.2 Å². The summed E-state index contributed by atoms with van der Waals surface area (Å²) in [6.45, 7) is 5.04. The van der Waals surface area contributed by atoms with E-state index in [2.05, 4.69) is 13.0 Å². The highest BCUT2D eigenvalue weighted by Gasteiger charge is 2.63. The molecule has 1 saturated heterocycles. The van der Waals surface area contributed by atoms with Crippen LogP contribution in [0, 0.1) is 0 Å². The highest BCUT2D eigenvalue weighted by atomic mass is 16.7. The lowest BCUT2D eigenvalue weighted by atomic mass is 9.59. The molecule has 2 aliphatic rings. The van der Waals surface area contributed by atoms with Gasteiger partial charge in [0.1, 0.15) is 5.60 Å². The van der Waals surface area contributed by atoms with Gasteiger partial charge >= 0.3 is 0 Å². The zero-order valence-corrected chi connectivity index (χ0v) is 10.3. The van der Waals surface area contributed by atoms with E-state index in [-0.39, 0.29) is 5.92 Å². The molecule has 3 heteroatoms. The molecule has 0 bridgehead atoms. The first kappa shape index (κ1) is 11.2. The maximum atomic E-state index is 11.0. The first-order chi connectivity index (χ1) is 8.13. The molecule has 3 nitrogen and oxygen atoms in total. The molecule has 0 spiro atoms. The van der Waals surface area contributed by atoms with E-state index >= 15 is 0 Å². The Labute approximate surface area is 101 Å². The third-order valence-corrected chi connectivity index (χ3v) is 4.19. The van der Waals surface area contributed by atoms with Crippen LogP contribution in [0.1, 0.15) is 37.3 Å². The highest BCUT2D eigenvalue weighted by molar-refractivity contribution is 5.49. The van der Waals surface area contributed by atoms with Crippen molar-refractivity contribution in [1.82, 2.24) is 0 Å². The summed E-state index contributed by atoms with van der Waals surface area (Å²) >= 11 is 0. The summed E-state index contributed by atoms with van der Waals surface area (Å²) < 4.78 is 11.3. The molecule has 2 unspecified atom stereocenters. The smallest absolute Gasteiger partial charge is 0.199 e. The van der Waals surface area contributed by atoms with Crippen LogP contribution in [-0.2, 0) is 15.1 Å². The molecule has 92 valence electrons. The minimum absolute atomic E-state index is 0.0989. The Kier molecular flexibility index (Phi) is 2.34. The molecule has 1 N–H and O–H groups in total. The Morgan fingerprint density at radius 1 is 1.29 bits per heavy atom. The minimum Gasteiger partial charge on any atom is -0.379 e. The highest BCUT2D eigenvalue weighted by Crippen LogP contribution is 2.58. The van der Waals surface area contributed by atoms with Gasteiger partial charge in [-0.05, 0) is 24.5 Å². The third kappa shape index (κ3) is 1.22. The Balaban J connectivity index is 2.08. The van der Waals surface area contributed by atoms with Crippen LogP contribution >= 0.6 is 0 Å². The van der Waals surface area contributed by atoms with Gasteiger partial charge in [0.25, 0.3) is 0 Å². The molecule has 1 aliphatic carbocycles. The molecular formula is C14H18O3. The summed E-state index contributed by atoms with van der Waals surface area (Å²) in [6, 6.07) is 8.02. The average molecular weight is 234 g/mol. The molecule has 0 amide bonds. The van der Waals surface area contributed by atoms with Gasteiger partial charge in [0.2, 0.25) is 0 Å². The second kappa shape index (κ2) is 3.55. The standard InChI is InChI=1S/C14H18O3/c1-3-11-10-6-4-5-7-12(10)14(11,15)13(2)16-8-9-17-13/h4-7,11,15H,3,8-9H2,1-2H3. The molecule has 1 aliphatic heterocycles. The molecule has 1 aromatic carbocycles. The van der Waals surface area contributed by atoms with Crippen molar-refractivity contribution in [3.63, 3.8) is 0 Å². The van der Waals surface area contributed by atoms with Crippen LogP contribution in [0.25, 0.3) is 0 Å². The number of hydrogen-bond donors (Lipinski definition) is 1. The van der Waals surface area contributed by atoms with Gasteiger partial charge in [-0.2, -0.15) is 0 Å². The maximum absolute atomic E-state index is 11.0. The fraction of sp³-hybridized carbons (Fsp3) is 0.571. The summed E-state index contributed by atoms with van der Waals surface area (Å²) in [5.41, 5.74) is 1.17. The molecule has 1 aromatic rings. The predicted molar refractivity (Wildman–Crippen MR) is 63.7 cm³/mol. The van der Waals surface area contributed by atoms with Crippen molar-refractivity contribution >= 4 is 0 Å². The summed E-state index contributed by atoms with van der Waals surface area (Å²) in [5.74, 6) is -0.802. The van der Waals surface area contributed by atoms with E-state index in [9.17, 15) is 5.11 Å². The minimum atomic E-state index is -1.01. The zero-order valence-electron chi connectivity index (χ0n) is 10.3. The topological polar surface area (TPSA) is 38.7 Å². The molecule has 3 rings (SSSR count). The first-order valence-corrected chi connectivity index (χ1v) is 6.23. The fourth-order valence-corrected chi connectivity index (χ4v) is 3.29. The number of rotatable bonds is 2. The van der Waals surface area contributed by atoms with Gasteiger partial charge in [0, 0.05) is 5.92 Å². The molecule has 1 fully saturated rings. The maximum Gasteiger partial charge on any atom is 0.199 e. The van der Waals surface area contributed by atoms with Crippen LogP contribution in [0.15, 0.2) is 24.3 Å². The van der Waals surface area contributed by atoms with Gasteiger partial charge in [-0.25, -0.2) is 0 Å². The monoisotopic (exact) mass is 234 g/mol. The molecule has 1 heterocycles. The Morgan fingerprint density at radius 3 is 2.59 bits per heavy atom. The van der Waals surface area contributed by atoms with Gasteiger partial charge in [-0.3, -0.25) is 0 Å². The lowest BCUT2D eigenvalue weighted by Gasteiger charge is -2.53. The fourth-order valence-electron chi connectivity index (χ4n) is 3.29. The van der Waals surface area contributed by atoms with Crippen LogP contribution in [0.3, 0.4) is 0 Å². The van der Waals surface area contributed by atoms with E-state index in [1.54, 1.807) is 0 Å². The molecular weight excluding hydrogens is 216 g/mol. The van der Waals surface area contributed by atoms with Crippen molar-refractivity contribution in [2.75, 3.05) is 13.2 Å². The van der Waals surface area contributed by atoms with E-state index in [4.69, 9.17) is 9.47 Å². The second-order valence-electron chi connectivity index (χ2n) is 4.96. The Bertz CT molecular complexity index is 437. The van der Waals surface area contributed by atoms with Crippen LogP contribution < -0.4 is 0 Å². The van der Waals surface area contributed by atoms with Gasteiger partial charge < -0.3 is 14.6 Å². The van der Waals surface area contributed by atoms with Crippen molar-refractivity contribution < 1.29 is 14.6 Å². The van der Waals surface area contributed by atoms with Crippen molar-refractivity contribution in [2.24, 2.45) is 0 Å². The van der Waals surface area contributed by atoms with Crippen LogP contribution in [-0.4, -0.2) is 24.1 Å². The van der Waals surface area contributed by atoms with E-state index in [1.807, 2.05) is 25.1 Å². The van der Waals surface area contributed by atoms with Gasteiger partial charge in [0.15, 0.2) is 5.79 Å².